The van der Waals surface area contributed by atoms with Crippen molar-refractivity contribution in [1.29, 1.82) is 0 Å². The number of rotatable bonds is 4. The highest BCUT2D eigenvalue weighted by atomic mass is 19.3. The van der Waals surface area contributed by atoms with Crippen molar-refractivity contribution in [3.63, 3.8) is 0 Å². The average Bonchev–Trinajstić information content (AvgIpc) is 3.10. The highest BCUT2D eigenvalue weighted by molar-refractivity contribution is 5.93. The van der Waals surface area contributed by atoms with Gasteiger partial charge in [0.05, 0.1) is 6.21 Å². The maximum absolute atomic E-state index is 12.3. The van der Waals surface area contributed by atoms with Crippen molar-refractivity contribution in [2.24, 2.45) is 27.5 Å². The molecule has 0 aromatic heterocycles. The Morgan fingerprint density at radius 1 is 1.09 bits per heavy atom. The molecule has 1 N–H and O–H groups in total. The lowest BCUT2D eigenvalue weighted by Crippen LogP contribution is -2.42. The number of halogens is 2. The Kier molecular flexibility index (Phi) is 5.48. The lowest BCUT2D eigenvalue weighted by molar-refractivity contribution is -0.0498. The van der Waals surface area contributed by atoms with E-state index >= 15 is 0 Å². The number of phenols is 1. The maximum atomic E-state index is 12.3. The zero-order valence-corrected chi connectivity index (χ0v) is 18.2. The molecule has 0 bridgehead atoms. The quantitative estimate of drug-likeness (QED) is 0.448. The molecule has 0 amide bonds. The highest BCUT2D eigenvalue weighted by Crippen LogP contribution is 2.60. The van der Waals surface area contributed by atoms with E-state index in [1.54, 1.807) is 18.3 Å². The first-order valence-electron chi connectivity index (χ1n) is 11.4. The number of aryl methyl sites for hydroxylation is 1. The van der Waals surface area contributed by atoms with Gasteiger partial charge in [0.2, 0.25) is 0 Å². The lowest BCUT2D eigenvalue weighted by Gasteiger charge is -2.49. The molecule has 32 heavy (non-hydrogen) atoms. The molecule has 3 aliphatic rings. The van der Waals surface area contributed by atoms with E-state index in [1.165, 1.54) is 35.4 Å². The van der Waals surface area contributed by atoms with E-state index in [0.29, 0.717) is 23.5 Å². The van der Waals surface area contributed by atoms with Crippen LogP contribution >= 0.6 is 0 Å². The molecule has 2 aromatic carbocycles. The minimum absolute atomic E-state index is 0.0852. The van der Waals surface area contributed by atoms with Gasteiger partial charge in [0, 0.05) is 11.1 Å². The topological polar surface area (TPSA) is 54.2 Å². The molecule has 168 valence electrons. The van der Waals surface area contributed by atoms with Crippen LogP contribution in [0.25, 0.3) is 0 Å². The Morgan fingerprint density at radius 2 is 1.91 bits per heavy atom. The van der Waals surface area contributed by atoms with E-state index in [1.807, 2.05) is 12.1 Å². The Balaban J connectivity index is 1.31. The number of phenolic OH excluding ortho intramolecular Hbond substituents is 1. The Morgan fingerprint density at radius 3 is 2.69 bits per heavy atom. The van der Waals surface area contributed by atoms with Crippen LogP contribution in [0.2, 0.25) is 0 Å². The van der Waals surface area contributed by atoms with Crippen molar-refractivity contribution in [3.05, 3.63) is 59.2 Å². The van der Waals surface area contributed by atoms with Crippen molar-refractivity contribution in [3.8, 4) is 11.5 Å². The predicted molar refractivity (Wildman–Crippen MR) is 121 cm³/mol. The summed E-state index contributed by atoms with van der Waals surface area (Å²) in [5.74, 6) is 2.35. The third-order valence-electron chi connectivity index (χ3n) is 7.94. The monoisotopic (exact) mass is 438 g/mol. The summed E-state index contributed by atoms with van der Waals surface area (Å²) in [6.07, 6.45) is 8.25. The predicted octanol–water partition coefficient (Wildman–Crippen LogP) is 6.32. The molecular weight excluding hydrogens is 410 g/mol. The van der Waals surface area contributed by atoms with Crippen molar-refractivity contribution >= 4 is 11.9 Å². The molecule has 0 saturated heterocycles. The van der Waals surface area contributed by atoms with Gasteiger partial charge in [0.1, 0.15) is 11.5 Å². The number of alkyl halides is 2. The van der Waals surface area contributed by atoms with Gasteiger partial charge in [-0.1, -0.05) is 13.0 Å². The fraction of sp³-hybridized carbons (Fsp3) is 0.462. The first-order valence-corrected chi connectivity index (χ1v) is 11.4. The van der Waals surface area contributed by atoms with Crippen LogP contribution in [0.15, 0.2) is 52.7 Å². The molecular formula is C26H28F2N2O2. The molecule has 0 spiro atoms. The Labute approximate surface area is 187 Å². The smallest absolute Gasteiger partial charge is 0.387 e. The Bertz CT molecular complexity index is 1050. The second-order valence-electron chi connectivity index (χ2n) is 9.53. The maximum Gasteiger partial charge on any atom is 0.387 e. The van der Waals surface area contributed by atoms with Crippen LogP contribution in [0.5, 0.6) is 11.5 Å². The minimum Gasteiger partial charge on any atom is -0.508 e. The summed E-state index contributed by atoms with van der Waals surface area (Å²) in [5.41, 5.74) is 4.82. The van der Waals surface area contributed by atoms with Gasteiger partial charge in [-0.25, -0.2) is 0 Å². The summed E-state index contributed by atoms with van der Waals surface area (Å²) in [4.78, 5) is 0. The fourth-order valence-corrected chi connectivity index (χ4v) is 6.42. The number of hydrogen-bond acceptors (Lipinski definition) is 4. The van der Waals surface area contributed by atoms with Crippen LogP contribution in [0, 0.1) is 17.3 Å². The summed E-state index contributed by atoms with van der Waals surface area (Å²) >= 11 is 0. The van der Waals surface area contributed by atoms with Crippen LogP contribution in [0.3, 0.4) is 0 Å². The normalized spacial score (nSPS) is 30.4. The SMILES string of the molecule is CC12CCC3c4ccc(O)cc4CCC3C1CC/C2=N/N=C/c1ccc(OC(F)F)cc1. The van der Waals surface area contributed by atoms with Gasteiger partial charge in [-0.05, 0) is 109 Å². The van der Waals surface area contributed by atoms with Crippen molar-refractivity contribution in [2.45, 2.75) is 58.0 Å². The van der Waals surface area contributed by atoms with Gasteiger partial charge in [-0.2, -0.15) is 19.0 Å². The molecule has 4 atom stereocenters. The number of ether oxygens (including phenoxy) is 1. The molecule has 2 saturated carbocycles. The van der Waals surface area contributed by atoms with Crippen LogP contribution in [0.1, 0.15) is 61.6 Å². The molecule has 3 aliphatic carbocycles. The van der Waals surface area contributed by atoms with Crippen molar-refractivity contribution in [2.75, 3.05) is 0 Å². The molecule has 2 aromatic rings. The van der Waals surface area contributed by atoms with E-state index in [0.717, 1.165) is 37.7 Å². The van der Waals surface area contributed by atoms with Crippen molar-refractivity contribution < 1.29 is 18.6 Å². The van der Waals surface area contributed by atoms with E-state index in [2.05, 4.69) is 27.9 Å². The van der Waals surface area contributed by atoms with Crippen LogP contribution in [-0.4, -0.2) is 23.6 Å². The minimum atomic E-state index is -2.82. The molecule has 5 rings (SSSR count). The molecule has 4 unspecified atom stereocenters. The molecule has 6 heteroatoms. The molecule has 2 fully saturated rings. The third-order valence-corrected chi connectivity index (χ3v) is 7.94. The zero-order valence-electron chi connectivity index (χ0n) is 18.2. The van der Waals surface area contributed by atoms with Crippen LogP contribution in [-0.2, 0) is 6.42 Å². The summed E-state index contributed by atoms with van der Waals surface area (Å²) in [6, 6.07) is 12.3. The second-order valence-corrected chi connectivity index (χ2v) is 9.53. The summed E-state index contributed by atoms with van der Waals surface area (Å²) in [7, 11) is 0. The zero-order chi connectivity index (χ0) is 22.3. The average molecular weight is 439 g/mol. The largest absolute Gasteiger partial charge is 0.508 e. The van der Waals surface area contributed by atoms with Crippen molar-refractivity contribution in [1.82, 2.24) is 0 Å². The van der Waals surface area contributed by atoms with Crippen LogP contribution < -0.4 is 4.74 Å². The van der Waals surface area contributed by atoms with Gasteiger partial charge >= 0.3 is 6.61 Å². The standard InChI is InChI=1S/C26H28F2N2O2/c1-26-13-12-21-20-9-5-18(31)14-17(20)4-8-22(21)23(26)10-11-24(26)30-29-15-16-2-6-19(7-3-16)32-25(27)28/h2-3,5-7,9,14-15,21-23,25,31H,4,8,10-13H2,1H3/b29-15+,30-24-. The van der Waals surface area contributed by atoms with Gasteiger partial charge in [-0.3, -0.25) is 0 Å². The van der Waals surface area contributed by atoms with Gasteiger partial charge in [0.15, 0.2) is 0 Å². The number of aromatic hydroxyl groups is 1. The van der Waals surface area contributed by atoms with E-state index in [9.17, 15) is 13.9 Å². The molecule has 0 radical (unpaired) electrons. The van der Waals surface area contributed by atoms with Gasteiger partial charge < -0.3 is 9.84 Å². The number of benzene rings is 2. The van der Waals surface area contributed by atoms with Gasteiger partial charge in [-0.15, -0.1) is 0 Å². The summed E-state index contributed by atoms with van der Waals surface area (Å²) in [6.45, 7) is -0.463. The van der Waals surface area contributed by atoms with E-state index in [-0.39, 0.29) is 11.2 Å². The van der Waals surface area contributed by atoms with E-state index < -0.39 is 6.61 Å². The highest BCUT2D eigenvalue weighted by Gasteiger charge is 2.53. The van der Waals surface area contributed by atoms with E-state index in [4.69, 9.17) is 0 Å². The third kappa shape index (κ3) is 3.80. The van der Waals surface area contributed by atoms with Crippen LogP contribution in [0.4, 0.5) is 8.78 Å². The fourth-order valence-electron chi connectivity index (χ4n) is 6.42. The number of nitrogens with zero attached hydrogens (tertiary/aromatic N) is 2. The second kappa shape index (κ2) is 8.30. The summed E-state index contributed by atoms with van der Waals surface area (Å²) < 4.78 is 29.0. The summed E-state index contributed by atoms with van der Waals surface area (Å²) in [5, 5.41) is 18.8. The molecule has 4 nitrogen and oxygen atoms in total. The first kappa shape index (κ1) is 21.1. The first-order chi connectivity index (χ1) is 15.4. The number of fused-ring (bicyclic) bond motifs is 5. The van der Waals surface area contributed by atoms with Gasteiger partial charge in [0.25, 0.3) is 0 Å². The molecule has 0 aliphatic heterocycles. The number of hydrogen-bond donors (Lipinski definition) is 1. The Hall–Kier alpha value is -2.76. The lowest BCUT2D eigenvalue weighted by atomic mass is 9.55. The molecule has 0 heterocycles.